The van der Waals surface area contributed by atoms with E-state index in [9.17, 15) is 0 Å². The Hall–Kier alpha value is -2.10. The lowest BCUT2D eigenvalue weighted by molar-refractivity contribution is 0.656. The Morgan fingerprint density at radius 1 is 1.22 bits per heavy atom. The highest BCUT2D eigenvalue weighted by molar-refractivity contribution is 5.98. The molecule has 0 saturated heterocycles. The third kappa shape index (κ3) is 1.70. The van der Waals surface area contributed by atoms with Crippen LogP contribution in [-0.2, 0) is 12.8 Å². The highest BCUT2D eigenvalue weighted by atomic mass is 15.1. The first-order chi connectivity index (χ1) is 8.77. The van der Waals surface area contributed by atoms with E-state index in [0.29, 0.717) is 0 Å². The van der Waals surface area contributed by atoms with Gasteiger partial charge in [-0.3, -0.25) is 5.41 Å². The monoisotopic (exact) mass is 240 g/mol. The molecule has 1 aliphatic rings. The molecule has 0 fully saturated rings. The second-order valence-corrected chi connectivity index (χ2v) is 4.65. The van der Waals surface area contributed by atoms with E-state index in [0.717, 1.165) is 24.1 Å². The molecule has 0 atom stereocenters. The van der Waals surface area contributed by atoms with Crippen LogP contribution in [0.1, 0.15) is 29.8 Å². The van der Waals surface area contributed by atoms with Gasteiger partial charge in [-0.2, -0.15) is 0 Å². The number of nitrogens with zero attached hydrogens (tertiary/aromatic N) is 2. The number of benzene rings is 1. The largest absolute Gasteiger partial charge is 0.384 e. The summed E-state index contributed by atoms with van der Waals surface area (Å²) in [6.45, 7) is 0. The number of aromatic nitrogens is 2. The highest BCUT2D eigenvalue weighted by Gasteiger charge is 2.17. The van der Waals surface area contributed by atoms with Crippen LogP contribution in [0.15, 0.2) is 30.6 Å². The van der Waals surface area contributed by atoms with E-state index in [1.807, 2.05) is 30.6 Å². The summed E-state index contributed by atoms with van der Waals surface area (Å²) in [6, 6.07) is 7.75. The Labute approximate surface area is 106 Å². The van der Waals surface area contributed by atoms with Gasteiger partial charge in [-0.05, 0) is 37.8 Å². The van der Waals surface area contributed by atoms with Gasteiger partial charge in [-0.1, -0.05) is 12.1 Å². The molecule has 1 aliphatic carbocycles. The van der Waals surface area contributed by atoms with Crippen molar-refractivity contribution >= 4 is 5.84 Å². The topological polar surface area (TPSA) is 67.7 Å². The fourth-order valence-electron chi connectivity index (χ4n) is 2.59. The first-order valence-electron chi connectivity index (χ1n) is 6.26. The average Bonchev–Trinajstić information content (AvgIpc) is 2.82. The van der Waals surface area contributed by atoms with E-state index < -0.39 is 0 Å². The van der Waals surface area contributed by atoms with Crippen LogP contribution in [0.4, 0.5) is 0 Å². The van der Waals surface area contributed by atoms with Crippen molar-refractivity contribution in [2.45, 2.75) is 25.7 Å². The number of hydrogen-bond donors (Lipinski definition) is 2. The number of amidine groups is 1. The zero-order chi connectivity index (χ0) is 12.5. The normalized spacial score (nSPS) is 14.2. The maximum Gasteiger partial charge on any atom is 0.124 e. The Bertz CT molecular complexity index is 598. The zero-order valence-electron chi connectivity index (χ0n) is 10.2. The SMILES string of the molecule is N=C(N)c1ccccc1-n1cnc2c1CCCC2. The molecule has 1 heterocycles. The van der Waals surface area contributed by atoms with Crippen molar-refractivity contribution < 1.29 is 0 Å². The van der Waals surface area contributed by atoms with Gasteiger partial charge in [0.15, 0.2) is 0 Å². The van der Waals surface area contributed by atoms with Crippen LogP contribution >= 0.6 is 0 Å². The fraction of sp³-hybridized carbons (Fsp3) is 0.286. The van der Waals surface area contributed by atoms with Crippen LogP contribution in [0.5, 0.6) is 0 Å². The summed E-state index contributed by atoms with van der Waals surface area (Å²) in [4.78, 5) is 4.49. The van der Waals surface area contributed by atoms with E-state index in [1.54, 1.807) is 0 Å². The number of hydrogen-bond acceptors (Lipinski definition) is 2. The summed E-state index contributed by atoms with van der Waals surface area (Å²) in [5, 5.41) is 7.66. The number of aryl methyl sites for hydroxylation is 1. The molecular weight excluding hydrogens is 224 g/mol. The van der Waals surface area contributed by atoms with E-state index >= 15 is 0 Å². The summed E-state index contributed by atoms with van der Waals surface area (Å²) in [5.41, 5.74) is 9.84. The number of fused-ring (bicyclic) bond motifs is 1. The number of nitrogens with one attached hydrogen (secondary N) is 1. The van der Waals surface area contributed by atoms with Gasteiger partial charge in [-0.25, -0.2) is 4.98 Å². The minimum atomic E-state index is 0.101. The molecule has 0 amide bonds. The summed E-state index contributed by atoms with van der Waals surface area (Å²) >= 11 is 0. The Morgan fingerprint density at radius 2 is 2.00 bits per heavy atom. The molecule has 18 heavy (non-hydrogen) atoms. The van der Waals surface area contributed by atoms with Crippen molar-refractivity contribution in [2.24, 2.45) is 5.73 Å². The Balaban J connectivity index is 2.15. The summed E-state index contributed by atoms with van der Waals surface area (Å²) in [6.07, 6.45) is 6.41. The lowest BCUT2D eigenvalue weighted by Gasteiger charge is -2.16. The number of para-hydroxylation sites is 1. The summed E-state index contributed by atoms with van der Waals surface area (Å²) < 4.78 is 2.09. The van der Waals surface area contributed by atoms with Gasteiger partial charge in [0.05, 0.1) is 17.7 Å². The van der Waals surface area contributed by atoms with Crippen LogP contribution in [-0.4, -0.2) is 15.4 Å². The van der Waals surface area contributed by atoms with Gasteiger partial charge in [0.2, 0.25) is 0 Å². The van der Waals surface area contributed by atoms with Crippen LogP contribution in [0.25, 0.3) is 5.69 Å². The third-order valence-corrected chi connectivity index (χ3v) is 3.48. The molecule has 2 aromatic rings. The molecule has 0 spiro atoms. The van der Waals surface area contributed by atoms with Gasteiger partial charge in [0.1, 0.15) is 5.84 Å². The van der Waals surface area contributed by atoms with Crippen molar-refractivity contribution in [3.63, 3.8) is 0 Å². The standard InChI is InChI=1S/C14H16N4/c15-14(16)10-5-1-3-7-12(10)18-9-17-11-6-2-4-8-13(11)18/h1,3,5,7,9H,2,4,6,8H2,(H3,15,16). The third-order valence-electron chi connectivity index (χ3n) is 3.48. The molecule has 1 aromatic carbocycles. The van der Waals surface area contributed by atoms with Crippen molar-refractivity contribution in [3.05, 3.63) is 47.5 Å². The predicted octanol–water partition coefficient (Wildman–Crippen LogP) is 2.04. The van der Waals surface area contributed by atoms with Crippen molar-refractivity contribution in [2.75, 3.05) is 0 Å². The molecule has 92 valence electrons. The van der Waals surface area contributed by atoms with Crippen LogP contribution in [0, 0.1) is 5.41 Å². The van der Waals surface area contributed by atoms with Gasteiger partial charge < -0.3 is 10.3 Å². The molecular formula is C14H16N4. The Morgan fingerprint density at radius 3 is 2.83 bits per heavy atom. The molecule has 4 heteroatoms. The number of rotatable bonds is 2. The minimum Gasteiger partial charge on any atom is -0.384 e. The predicted molar refractivity (Wildman–Crippen MR) is 71.2 cm³/mol. The van der Waals surface area contributed by atoms with E-state index in [1.165, 1.54) is 24.2 Å². The summed E-state index contributed by atoms with van der Waals surface area (Å²) in [5.74, 6) is 0.101. The maximum atomic E-state index is 7.66. The molecule has 0 bridgehead atoms. The first-order valence-corrected chi connectivity index (χ1v) is 6.26. The summed E-state index contributed by atoms with van der Waals surface area (Å²) in [7, 11) is 0. The van der Waals surface area contributed by atoms with E-state index in [-0.39, 0.29) is 5.84 Å². The van der Waals surface area contributed by atoms with Gasteiger partial charge in [-0.15, -0.1) is 0 Å². The number of nitrogens with two attached hydrogens (primary N) is 1. The molecule has 0 unspecified atom stereocenters. The second kappa shape index (κ2) is 4.29. The van der Waals surface area contributed by atoms with Crippen molar-refractivity contribution in [1.29, 1.82) is 5.41 Å². The van der Waals surface area contributed by atoms with Crippen molar-refractivity contribution in [1.82, 2.24) is 9.55 Å². The lowest BCUT2D eigenvalue weighted by Crippen LogP contribution is -2.16. The van der Waals surface area contributed by atoms with E-state index in [4.69, 9.17) is 11.1 Å². The quantitative estimate of drug-likeness (QED) is 0.623. The van der Waals surface area contributed by atoms with Crippen LogP contribution < -0.4 is 5.73 Å². The van der Waals surface area contributed by atoms with E-state index in [2.05, 4.69) is 9.55 Å². The first kappa shape index (κ1) is 11.0. The van der Waals surface area contributed by atoms with Gasteiger partial charge in [0.25, 0.3) is 0 Å². The molecule has 4 nitrogen and oxygen atoms in total. The number of nitrogen functional groups attached to an aromatic ring is 1. The van der Waals surface area contributed by atoms with Gasteiger partial charge >= 0.3 is 0 Å². The minimum absolute atomic E-state index is 0.101. The molecule has 0 radical (unpaired) electrons. The molecule has 1 aromatic heterocycles. The average molecular weight is 240 g/mol. The highest BCUT2D eigenvalue weighted by Crippen LogP contribution is 2.24. The molecule has 0 saturated carbocycles. The lowest BCUT2D eigenvalue weighted by atomic mass is 10.0. The van der Waals surface area contributed by atoms with Crippen molar-refractivity contribution in [3.8, 4) is 5.69 Å². The van der Waals surface area contributed by atoms with Crippen LogP contribution in [0.3, 0.4) is 0 Å². The smallest absolute Gasteiger partial charge is 0.124 e. The second-order valence-electron chi connectivity index (χ2n) is 4.65. The zero-order valence-corrected chi connectivity index (χ0v) is 10.2. The maximum absolute atomic E-state index is 7.66. The number of imidazole rings is 1. The molecule has 3 N–H and O–H groups in total. The Kier molecular flexibility index (Phi) is 2.63. The fourth-order valence-corrected chi connectivity index (χ4v) is 2.59. The molecule has 0 aliphatic heterocycles. The molecule has 3 rings (SSSR count). The van der Waals surface area contributed by atoms with Crippen LogP contribution in [0.2, 0.25) is 0 Å². The van der Waals surface area contributed by atoms with Gasteiger partial charge in [0, 0.05) is 11.3 Å².